The molecule has 2 unspecified atom stereocenters. The van der Waals surface area contributed by atoms with Gasteiger partial charge in [0.2, 0.25) is 0 Å². The van der Waals surface area contributed by atoms with Crippen LogP contribution in [0.4, 0.5) is 0 Å². The molecule has 2 atom stereocenters. The van der Waals surface area contributed by atoms with E-state index in [-0.39, 0.29) is 0 Å². The fourth-order valence-electron chi connectivity index (χ4n) is 4.52. The molecule has 3 nitrogen and oxygen atoms in total. The molecule has 0 bridgehead atoms. The fraction of sp³-hybridized carbons (Fsp3) is 0.923. The molecule has 0 amide bonds. The van der Waals surface area contributed by atoms with Crippen molar-refractivity contribution in [3.8, 4) is 0 Å². The van der Waals surface area contributed by atoms with Crippen LogP contribution in [0.1, 0.15) is 129 Å². The molecular weight excluding hydrogens is 389 g/mol. The second kappa shape index (κ2) is 18.3. The van der Waals surface area contributed by atoms with E-state index in [1.54, 1.807) is 0 Å². The molecule has 0 aromatic carbocycles. The Hall–Kier alpha value is -0.240. The van der Waals surface area contributed by atoms with Gasteiger partial charge in [-0.25, -0.2) is 0 Å². The first-order chi connectivity index (χ1) is 14.3. The third-order valence-electron chi connectivity index (χ3n) is 6.59. The summed E-state index contributed by atoms with van der Waals surface area (Å²) in [5.41, 5.74) is 0. The van der Waals surface area contributed by atoms with Gasteiger partial charge in [0.05, 0.1) is 21.1 Å². The third-order valence-corrected chi connectivity index (χ3v) is 8.32. The first-order valence-electron chi connectivity index (χ1n) is 12.9. The van der Waals surface area contributed by atoms with Gasteiger partial charge in [-0.1, -0.05) is 101 Å². The highest BCUT2D eigenvalue weighted by molar-refractivity contribution is 7.38. The van der Waals surface area contributed by atoms with Crippen molar-refractivity contribution in [3.63, 3.8) is 0 Å². The van der Waals surface area contributed by atoms with E-state index in [0.29, 0.717) is 4.48 Å². The first-order valence-corrected chi connectivity index (χ1v) is 14.1. The summed E-state index contributed by atoms with van der Waals surface area (Å²) in [4.78, 5) is 12.1. The summed E-state index contributed by atoms with van der Waals surface area (Å²) >= 11 is 0. The lowest BCUT2D eigenvalue weighted by atomic mass is 9.99. The van der Waals surface area contributed by atoms with Crippen LogP contribution in [0.15, 0.2) is 12.2 Å². The summed E-state index contributed by atoms with van der Waals surface area (Å²) in [7, 11) is 3.68. The zero-order valence-corrected chi connectivity index (χ0v) is 22.0. The van der Waals surface area contributed by atoms with Gasteiger partial charge in [0, 0.05) is 12.8 Å². The molecule has 0 aliphatic heterocycles. The van der Waals surface area contributed by atoms with Crippen LogP contribution >= 0.6 is 8.03 Å². The summed E-state index contributed by atoms with van der Waals surface area (Å²) in [5, 5.41) is -0.587. The van der Waals surface area contributed by atoms with Gasteiger partial charge >= 0.3 is 8.03 Å². The van der Waals surface area contributed by atoms with Crippen molar-refractivity contribution in [2.24, 2.45) is 0 Å². The van der Waals surface area contributed by atoms with Crippen LogP contribution in [-0.4, -0.2) is 30.9 Å². The number of hydrogen-bond donors (Lipinski definition) is 0. The standard InChI is InChI=1S/C26H53NO2P/c1-6-8-9-10-11-12-13-14-15-16-17-18-19-20-21-22-23-25-26(24-7-2,30(28)29)27(3,4)5/h8-9H,6-7,10-25H2,1-5H3/q+1. The second-order valence-electron chi connectivity index (χ2n) is 10.0. The van der Waals surface area contributed by atoms with Crippen molar-refractivity contribution in [2.45, 2.75) is 135 Å². The summed E-state index contributed by atoms with van der Waals surface area (Å²) in [6, 6.07) is 0. The lowest BCUT2D eigenvalue weighted by molar-refractivity contribution is -0.910. The molecule has 0 aliphatic carbocycles. The molecule has 0 aliphatic rings. The van der Waals surface area contributed by atoms with Crippen molar-refractivity contribution >= 4 is 8.03 Å². The minimum atomic E-state index is -2.42. The third kappa shape index (κ3) is 13.2. The number of rotatable bonds is 21. The quantitative estimate of drug-likeness (QED) is 0.0779. The number of quaternary nitrogens is 1. The van der Waals surface area contributed by atoms with E-state index in [0.717, 1.165) is 25.7 Å². The second-order valence-corrected chi connectivity index (χ2v) is 11.4. The maximum atomic E-state index is 12.1. The van der Waals surface area contributed by atoms with Gasteiger partial charge in [0.1, 0.15) is 0 Å². The first kappa shape index (κ1) is 29.8. The number of unbranched alkanes of at least 4 members (excludes halogenated alkanes) is 13. The predicted octanol–water partition coefficient (Wildman–Crippen LogP) is 8.11. The largest absolute Gasteiger partial charge is 0.590 e. The van der Waals surface area contributed by atoms with Gasteiger partial charge in [-0.3, -0.25) is 4.48 Å². The average Bonchev–Trinajstić information content (AvgIpc) is 2.68. The van der Waals surface area contributed by atoms with Gasteiger partial charge in [-0.15, -0.1) is 0 Å². The van der Waals surface area contributed by atoms with Crippen molar-refractivity contribution < 1.29 is 13.9 Å². The zero-order valence-electron chi connectivity index (χ0n) is 21.1. The lowest BCUT2D eigenvalue weighted by Gasteiger charge is -2.39. The van der Waals surface area contributed by atoms with E-state index in [2.05, 4.69) is 26.0 Å². The Kier molecular flexibility index (Phi) is 18.2. The van der Waals surface area contributed by atoms with E-state index < -0.39 is 13.3 Å². The van der Waals surface area contributed by atoms with E-state index in [9.17, 15) is 9.46 Å². The topological polar surface area (TPSA) is 40.1 Å². The van der Waals surface area contributed by atoms with Gasteiger partial charge in [-0.2, -0.15) is 0 Å². The molecule has 0 fully saturated rings. The number of hydrogen-bond acceptors (Lipinski definition) is 2. The molecule has 0 heterocycles. The maximum Gasteiger partial charge on any atom is 0.376 e. The molecule has 0 N–H and O–H groups in total. The Balaban J connectivity index is 3.65. The van der Waals surface area contributed by atoms with E-state index >= 15 is 0 Å². The molecule has 178 valence electrons. The fourth-order valence-corrected chi connectivity index (χ4v) is 5.76. The van der Waals surface area contributed by atoms with Gasteiger partial charge < -0.3 is 4.89 Å². The predicted molar refractivity (Wildman–Crippen MR) is 132 cm³/mol. The smallest absolute Gasteiger partial charge is 0.376 e. The highest BCUT2D eigenvalue weighted by Gasteiger charge is 2.53. The van der Waals surface area contributed by atoms with Crippen molar-refractivity contribution in [3.05, 3.63) is 12.2 Å². The van der Waals surface area contributed by atoms with E-state index in [1.807, 2.05) is 21.1 Å². The SMILES string of the molecule is CCC=CCCCCCCCCCCCCCCCC(CCC)([P+](=O)[O-])[N+](C)(C)C. The van der Waals surface area contributed by atoms with Gasteiger partial charge in [0.25, 0.3) is 5.28 Å². The molecule has 4 heteroatoms. The van der Waals surface area contributed by atoms with Gasteiger partial charge in [0.15, 0.2) is 0 Å². The minimum Gasteiger partial charge on any atom is -0.590 e. The summed E-state index contributed by atoms with van der Waals surface area (Å²) in [6.07, 6.45) is 26.8. The molecule has 0 rings (SSSR count). The molecule has 0 saturated carbocycles. The molecule has 0 spiro atoms. The van der Waals surface area contributed by atoms with E-state index in [4.69, 9.17) is 0 Å². The molecule has 0 saturated heterocycles. The Labute approximate surface area is 190 Å². The summed E-state index contributed by atoms with van der Waals surface area (Å²) < 4.78 is 12.6. The Morgan fingerprint density at radius 2 is 1.13 bits per heavy atom. The molecule has 0 aromatic heterocycles. The average molecular weight is 443 g/mol. The van der Waals surface area contributed by atoms with Crippen LogP contribution < -0.4 is 4.89 Å². The molecular formula is C26H53NO2P+. The highest BCUT2D eigenvalue weighted by atomic mass is 31.1. The van der Waals surface area contributed by atoms with Crippen LogP contribution in [0.5, 0.6) is 0 Å². The molecule has 0 aromatic rings. The Morgan fingerprint density at radius 1 is 0.700 bits per heavy atom. The van der Waals surface area contributed by atoms with Crippen LogP contribution in [-0.2, 0) is 4.57 Å². The zero-order chi connectivity index (χ0) is 22.7. The Morgan fingerprint density at radius 3 is 1.50 bits per heavy atom. The minimum absolute atomic E-state index is 0.523. The number of allylic oxidation sites excluding steroid dienone is 2. The van der Waals surface area contributed by atoms with Crippen LogP contribution in [0.25, 0.3) is 0 Å². The summed E-state index contributed by atoms with van der Waals surface area (Å²) in [5.74, 6) is 0. The normalized spacial score (nSPS) is 14.9. The van der Waals surface area contributed by atoms with Crippen LogP contribution in [0.3, 0.4) is 0 Å². The van der Waals surface area contributed by atoms with Crippen LogP contribution in [0.2, 0.25) is 0 Å². The van der Waals surface area contributed by atoms with Gasteiger partial charge in [-0.05, 0) is 32.1 Å². The van der Waals surface area contributed by atoms with E-state index in [1.165, 1.54) is 89.9 Å². The van der Waals surface area contributed by atoms with Crippen molar-refractivity contribution in [1.29, 1.82) is 0 Å². The monoisotopic (exact) mass is 442 g/mol. The molecule has 0 radical (unpaired) electrons. The van der Waals surface area contributed by atoms with Crippen molar-refractivity contribution in [2.75, 3.05) is 21.1 Å². The maximum absolute atomic E-state index is 12.1. The lowest BCUT2D eigenvalue weighted by Crippen LogP contribution is -2.55. The Bertz CT molecular complexity index is 445. The molecule has 30 heavy (non-hydrogen) atoms. The van der Waals surface area contributed by atoms with Crippen LogP contribution in [0, 0.1) is 0 Å². The van der Waals surface area contributed by atoms with Crippen molar-refractivity contribution in [1.82, 2.24) is 0 Å². The highest BCUT2D eigenvalue weighted by Crippen LogP contribution is 2.45. The summed E-state index contributed by atoms with van der Waals surface area (Å²) in [6.45, 7) is 4.29. The number of nitrogens with zero attached hydrogens (tertiary/aromatic N) is 1.